The number of hydrogen-bond acceptors (Lipinski definition) is 0. The Balaban J connectivity index is 1.46. The largest absolute Gasteiger partial charge is 0.123 e. The van der Waals surface area contributed by atoms with Gasteiger partial charge in [-0.05, 0) is 110 Å². The van der Waals surface area contributed by atoms with Crippen molar-refractivity contribution in [2.75, 3.05) is 0 Å². The zero-order chi connectivity index (χ0) is 20.1. The lowest BCUT2D eigenvalue weighted by atomic mass is 9.44. The fourth-order valence-electron chi connectivity index (χ4n) is 9.23. The van der Waals surface area contributed by atoms with Gasteiger partial charge in [0.05, 0.1) is 0 Å². The van der Waals surface area contributed by atoms with Crippen LogP contribution in [0.1, 0.15) is 112 Å². The van der Waals surface area contributed by atoms with Gasteiger partial charge in [0.25, 0.3) is 0 Å². The first-order chi connectivity index (χ1) is 13.3. The van der Waals surface area contributed by atoms with Crippen molar-refractivity contribution >= 4 is 11.6 Å². The molecule has 0 amide bonds. The Bertz CT molecular complexity index is 540. The first-order valence-electron chi connectivity index (χ1n) is 12.9. The van der Waals surface area contributed by atoms with Crippen molar-refractivity contribution in [1.29, 1.82) is 0 Å². The monoisotopic (exact) mass is 406 g/mol. The van der Waals surface area contributed by atoms with Crippen molar-refractivity contribution in [2.45, 2.75) is 117 Å². The molecule has 0 N–H and O–H groups in total. The Labute approximate surface area is 181 Å². The molecule has 0 aliphatic heterocycles. The van der Waals surface area contributed by atoms with Gasteiger partial charge >= 0.3 is 0 Å². The summed E-state index contributed by atoms with van der Waals surface area (Å²) in [7, 11) is 0. The molecule has 1 heteroatoms. The van der Waals surface area contributed by atoms with Gasteiger partial charge in [0, 0.05) is 5.38 Å². The van der Waals surface area contributed by atoms with Crippen LogP contribution in [0.3, 0.4) is 0 Å². The maximum atomic E-state index is 6.60. The summed E-state index contributed by atoms with van der Waals surface area (Å²) < 4.78 is 0. The van der Waals surface area contributed by atoms with Crippen molar-refractivity contribution in [2.24, 2.45) is 52.3 Å². The average Bonchev–Trinajstić information content (AvgIpc) is 2.99. The molecule has 0 radical (unpaired) electrons. The van der Waals surface area contributed by atoms with E-state index >= 15 is 0 Å². The molecular weight excluding hydrogens is 360 g/mol. The van der Waals surface area contributed by atoms with Gasteiger partial charge < -0.3 is 0 Å². The summed E-state index contributed by atoms with van der Waals surface area (Å²) in [4.78, 5) is 0. The number of rotatable bonds is 5. The average molecular weight is 407 g/mol. The second-order valence-electron chi connectivity index (χ2n) is 12.6. The highest BCUT2D eigenvalue weighted by atomic mass is 35.5. The second kappa shape index (κ2) is 8.09. The van der Waals surface area contributed by atoms with E-state index < -0.39 is 0 Å². The summed E-state index contributed by atoms with van der Waals surface area (Å²) in [5.41, 5.74) is 1.25. The van der Waals surface area contributed by atoms with Gasteiger partial charge in [0.2, 0.25) is 0 Å². The molecule has 4 rings (SSSR count). The maximum Gasteiger partial charge on any atom is 0.0339 e. The van der Waals surface area contributed by atoms with Crippen LogP contribution < -0.4 is 0 Å². The second-order valence-corrected chi connectivity index (χ2v) is 13.2. The smallest absolute Gasteiger partial charge is 0.0339 e. The number of hydrogen-bond donors (Lipinski definition) is 0. The van der Waals surface area contributed by atoms with Crippen LogP contribution >= 0.6 is 11.6 Å². The Morgan fingerprint density at radius 2 is 1.54 bits per heavy atom. The molecule has 0 spiro atoms. The van der Waals surface area contributed by atoms with Crippen LogP contribution in [-0.4, -0.2) is 5.38 Å². The molecule has 0 nitrogen and oxygen atoms in total. The van der Waals surface area contributed by atoms with Crippen LogP contribution in [0.5, 0.6) is 0 Å². The third kappa shape index (κ3) is 3.61. The van der Waals surface area contributed by atoms with Gasteiger partial charge in [0.15, 0.2) is 0 Å². The molecule has 0 aromatic carbocycles. The van der Waals surface area contributed by atoms with Crippen molar-refractivity contribution in [3.63, 3.8) is 0 Å². The molecule has 9 atom stereocenters. The highest BCUT2D eigenvalue weighted by Crippen LogP contribution is 2.68. The number of alkyl halides is 1. The Kier molecular flexibility index (Phi) is 6.22. The summed E-state index contributed by atoms with van der Waals surface area (Å²) in [6.45, 7) is 12.8. The highest BCUT2D eigenvalue weighted by Gasteiger charge is 2.60. The van der Waals surface area contributed by atoms with E-state index in [1.165, 1.54) is 77.0 Å². The number of halogens is 1. The third-order valence-corrected chi connectivity index (χ3v) is 11.2. The molecule has 28 heavy (non-hydrogen) atoms. The lowest BCUT2D eigenvalue weighted by molar-refractivity contribution is -0.113. The minimum atomic E-state index is 0.464. The molecule has 0 aromatic rings. The van der Waals surface area contributed by atoms with E-state index in [1.807, 2.05) is 0 Å². The first-order valence-corrected chi connectivity index (χ1v) is 13.3. The molecule has 4 aliphatic carbocycles. The minimum Gasteiger partial charge on any atom is -0.123 e. The van der Waals surface area contributed by atoms with E-state index in [4.69, 9.17) is 11.6 Å². The van der Waals surface area contributed by atoms with Gasteiger partial charge in [-0.1, -0.05) is 53.9 Å². The van der Waals surface area contributed by atoms with Crippen molar-refractivity contribution in [3.8, 4) is 0 Å². The molecule has 162 valence electrons. The molecule has 1 unspecified atom stereocenters. The summed E-state index contributed by atoms with van der Waals surface area (Å²) in [6.07, 6.45) is 17.4. The fourth-order valence-corrected chi connectivity index (χ4v) is 9.55. The minimum absolute atomic E-state index is 0.464. The number of fused-ring (bicyclic) bond motifs is 5. The zero-order valence-corrected chi connectivity index (χ0v) is 20.2. The lowest BCUT2D eigenvalue weighted by Crippen LogP contribution is -2.53. The van der Waals surface area contributed by atoms with Crippen LogP contribution in [-0.2, 0) is 0 Å². The van der Waals surface area contributed by atoms with Crippen LogP contribution in [0.15, 0.2) is 0 Å². The van der Waals surface area contributed by atoms with Crippen LogP contribution in [0, 0.1) is 52.3 Å². The van der Waals surface area contributed by atoms with Gasteiger partial charge in [-0.2, -0.15) is 0 Å². The SMILES string of the molecule is CC(C)CCC[C@@H](C)[C@H]1CC[C@H]2[C@@H]3CCC4C[C@@H](Cl)CC[C@]4(C)[C@H]3CC[C@]12C. The van der Waals surface area contributed by atoms with Gasteiger partial charge in [0.1, 0.15) is 0 Å². The van der Waals surface area contributed by atoms with Crippen molar-refractivity contribution < 1.29 is 0 Å². The van der Waals surface area contributed by atoms with Gasteiger partial charge in [-0.15, -0.1) is 11.6 Å². The normalized spacial score (nSPS) is 49.4. The van der Waals surface area contributed by atoms with E-state index in [0.29, 0.717) is 16.2 Å². The van der Waals surface area contributed by atoms with E-state index in [9.17, 15) is 0 Å². The molecule has 0 saturated heterocycles. The maximum absolute atomic E-state index is 6.60. The molecule has 0 bridgehead atoms. The summed E-state index contributed by atoms with van der Waals surface area (Å²) in [5, 5.41) is 0.464. The topological polar surface area (TPSA) is 0 Å². The molecule has 4 fully saturated rings. The summed E-state index contributed by atoms with van der Waals surface area (Å²) in [5.74, 6) is 6.77. The van der Waals surface area contributed by atoms with Gasteiger partial charge in [-0.25, -0.2) is 0 Å². The molecule has 0 aromatic heterocycles. The Morgan fingerprint density at radius 1 is 0.821 bits per heavy atom. The molecule has 0 heterocycles. The van der Waals surface area contributed by atoms with E-state index in [2.05, 4.69) is 34.6 Å². The fraction of sp³-hybridized carbons (Fsp3) is 1.00. The summed E-state index contributed by atoms with van der Waals surface area (Å²) in [6, 6.07) is 0. The van der Waals surface area contributed by atoms with E-state index in [-0.39, 0.29) is 0 Å². The highest BCUT2D eigenvalue weighted by molar-refractivity contribution is 6.20. The predicted octanol–water partition coefficient (Wildman–Crippen LogP) is 8.72. The Morgan fingerprint density at radius 3 is 2.29 bits per heavy atom. The van der Waals surface area contributed by atoms with Crippen molar-refractivity contribution in [3.05, 3.63) is 0 Å². The van der Waals surface area contributed by atoms with Crippen LogP contribution in [0.25, 0.3) is 0 Å². The summed E-state index contributed by atoms with van der Waals surface area (Å²) >= 11 is 6.60. The quantitative estimate of drug-likeness (QED) is 0.400. The standard InChI is InChI=1S/C27H47Cl/c1-18(2)7-6-8-19(3)23-11-12-24-22-10-9-20-17-21(28)13-15-26(20,4)25(22)14-16-27(23,24)5/h18-25H,6-17H2,1-5H3/t19-,20?,21+,22+,23-,24+,25+,26+,27-/m1/s1. The molecule has 4 aliphatic rings. The van der Waals surface area contributed by atoms with E-state index in [1.54, 1.807) is 0 Å². The predicted molar refractivity (Wildman–Crippen MR) is 123 cm³/mol. The Hall–Kier alpha value is 0.290. The first kappa shape index (κ1) is 21.5. The van der Waals surface area contributed by atoms with Crippen LogP contribution in [0.4, 0.5) is 0 Å². The zero-order valence-electron chi connectivity index (χ0n) is 19.5. The van der Waals surface area contributed by atoms with Gasteiger partial charge in [-0.3, -0.25) is 0 Å². The lowest BCUT2D eigenvalue weighted by Gasteiger charge is -2.61. The third-order valence-electron chi connectivity index (χ3n) is 10.8. The molecule has 4 saturated carbocycles. The van der Waals surface area contributed by atoms with Crippen molar-refractivity contribution in [1.82, 2.24) is 0 Å². The van der Waals surface area contributed by atoms with E-state index in [0.717, 1.165) is 41.4 Å². The van der Waals surface area contributed by atoms with Crippen LogP contribution in [0.2, 0.25) is 0 Å². The molecular formula is C27H47Cl.